The summed E-state index contributed by atoms with van der Waals surface area (Å²) >= 11 is 0. The molecule has 1 N–H and O–H groups in total. The van der Waals surface area contributed by atoms with E-state index in [4.69, 9.17) is 0 Å². The van der Waals surface area contributed by atoms with Gasteiger partial charge in [-0.05, 0) is 56.4 Å². The summed E-state index contributed by atoms with van der Waals surface area (Å²) in [5, 5.41) is 3.88. The summed E-state index contributed by atoms with van der Waals surface area (Å²) in [5.41, 5.74) is 0.592. The van der Waals surface area contributed by atoms with E-state index in [2.05, 4.69) is 17.1 Å². The monoisotopic (exact) mass is 292 g/mol. The van der Waals surface area contributed by atoms with Crippen molar-refractivity contribution in [1.82, 2.24) is 10.2 Å². The van der Waals surface area contributed by atoms with Crippen molar-refractivity contribution in [3.05, 3.63) is 0 Å². The highest BCUT2D eigenvalue weighted by Gasteiger charge is 2.35. The van der Waals surface area contributed by atoms with Gasteiger partial charge < -0.3 is 10.2 Å². The van der Waals surface area contributed by atoms with Crippen LogP contribution in [0.1, 0.15) is 77.6 Å². The lowest BCUT2D eigenvalue weighted by molar-refractivity contribution is 0.0876. The highest BCUT2D eigenvalue weighted by molar-refractivity contribution is 4.91. The number of nitrogens with zero attached hydrogens (tertiary/aromatic N) is 1. The van der Waals surface area contributed by atoms with Crippen molar-refractivity contribution >= 4 is 0 Å². The molecule has 21 heavy (non-hydrogen) atoms. The van der Waals surface area contributed by atoms with Crippen LogP contribution in [0.25, 0.3) is 0 Å². The smallest absolute Gasteiger partial charge is 0.00684 e. The molecule has 3 aliphatic rings. The van der Waals surface area contributed by atoms with Crippen molar-refractivity contribution in [1.29, 1.82) is 0 Å². The summed E-state index contributed by atoms with van der Waals surface area (Å²) in [6, 6.07) is 0.870. The van der Waals surface area contributed by atoms with E-state index in [1.54, 1.807) is 0 Å². The molecule has 3 rings (SSSR count). The third kappa shape index (κ3) is 4.69. The number of nitrogens with one attached hydrogen (secondary N) is 1. The fraction of sp³-hybridized carbons (Fsp3) is 1.00. The van der Waals surface area contributed by atoms with Crippen LogP contribution >= 0.6 is 0 Å². The second-order valence-electron chi connectivity index (χ2n) is 8.22. The maximum absolute atomic E-state index is 3.88. The molecule has 1 heterocycles. The van der Waals surface area contributed by atoms with Crippen molar-refractivity contribution in [3.8, 4) is 0 Å². The van der Waals surface area contributed by atoms with Gasteiger partial charge in [-0.1, -0.05) is 39.0 Å². The van der Waals surface area contributed by atoms with Crippen molar-refractivity contribution in [3.63, 3.8) is 0 Å². The van der Waals surface area contributed by atoms with Gasteiger partial charge in [-0.3, -0.25) is 0 Å². The molecular formula is C19H36N2. The lowest BCUT2D eigenvalue weighted by atomic mass is 9.78. The van der Waals surface area contributed by atoms with E-state index in [9.17, 15) is 0 Å². The molecule has 0 spiro atoms. The number of rotatable bonds is 6. The Morgan fingerprint density at radius 1 is 1.00 bits per heavy atom. The molecule has 2 heteroatoms. The molecule has 0 radical (unpaired) electrons. The molecule has 122 valence electrons. The van der Waals surface area contributed by atoms with Gasteiger partial charge in [0, 0.05) is 25.7 Å². The van der Waals surface area contributed by atoms with Crippen LogP contribution in [-0.4, -0.2) is 37.1 Å². The van der Waals surface area contributed by atoms with Gasteiger partial charge in [-0.15, -0.1) is 0 Å². The Morgan fingerprint density at radius 2 is 1.76 bits per heavy atom. The zero-order valence-electron chi connectivity index (χ0n) is 14.2. The van der Waals surface area contributed by atoms with Gasteiger partial charge in [-0.2, -0.15) is 0 Å². The van der Waals surface area contributed by atoms with Crippen LogP contribution in [-0.2, 0) is 0 Å². The summed E-state index contributed by atoms with van der Waals surface area (Å²) in [5.74, 6) is 0.970. The van der Waals surface area contributed by atoms with E-state index in [0.717, 1.165) is 12.0 Å². The fourth-order valence-corrected chi connectivity index (χ4v) is 4.62. The van der Waals surface area contributed by atoms with Crippen molar-refractivity contribution in [2.45, 2.75) is 83.6 Å². The van der Waals surface area contributed by atoms with Gasteiger partial charge in [0.1, 0.15) is 0 Å². The SMILES string of the molecule is CCC1CCCN(CC2(CNC3CC3)CCCCCC2)C1. The first-order valence-electron chi connectivity index (χ1n) is 9.75. The zero-order valence-corrected chi connectivity index (χ0v) is 14.2. The molecule has 2 saturated carbocycles. The van der Waals surface area contributed by atoms with Crippen molar-refractivity contribution in [2.24, 2.45) is 11.3 Å². The van der Waals surface area contributed by atoms with E-state index in [0.29, 0.717) is 5.41 Å². The average molecular weight is 293 g/mol. The molecule has 1 saturated heterocycles. The Bertz CT molecular complexity index is 303. The number of hydrogen-bond acceptors (Lipinski definition) is 2. The molecule has 0 bridgehead atoms. The topological polar surface area (TPSA) is 15.3 Å². The maximum Gasteiger partial charge on any atom is 0.00684 e. The van der Waals surface area contributed by atoms with Gasteiger partial charge in [-0.25, -0.2) is 0 Å². The summed E-state index contributed by atoms with van der Waals surface area (Å²) in [7, 11) is 0. The summed E-state index contributed by atoms with van der Waals surface area (Å²) in [6.45, 7) is 7.79. The van der Waals surface area contributed by atoms with Crippen molar-refractivity contribution in [2.75, 3.05) is 26.2 Å². The minimum atomic E-state index is 0.592. The van der Waals surface area contributed by atoms with E-state index < -0.39 is 0 Å². The highest BCUT2D eigenvalue weighted by atomic mass is 15.1. The lowest BCUT2D eigenvalue weighted by Crippen LogP contribution is -2.47. The summed E-state index contributed by atoms with van der Waals surface area (Å²) in [4.78, 5) is 2.83. The van der Waals surface area contributed by atoms with Crippen LogP contribution < -0.4 is 5.32 Å². The van der Waals surface area contributed by atoms with E-state index in [1.807, 2.05) is 0 Å². The second kappa shape index (κ2) is 7.46. The number of piperidine rings is 1. The molecule has 1 aliphatic heterocycles. The first-order chi connectivity index (χ1) is 10.3. The maximum atomic E-state index is 3.88. The van der Waals surface area contributed by atoms with Crippen LogP contribution in [0.3, 0.4) is 0 Å². The van der Waals surface area contributed by atoms with Gasteiger partial charge in [0.25, 0.3) is 0 Å². The Balaban J connectivity index is 1.59. The van der Waals surface area contributed by atoms with Crippen LogP contribution in [0.2, 0.25) is 0 Å². The molecule has 2 aliphatic carbocycles. The van der Waals surface area contributed by atoms with Gasteiger partial charge in [0.05, 0.1) is 0 Å². The first-order valence-corrected chi connectivity index (χ1v) is 9.75. The fourth-order valence-electron chi connectivity index (χ4n) is 4.62. The van der Waals surface area contributed by atoms with Gasteiger partial charge >= 0.3 is 0 Å². The molecule has 0 aromatic rings. The van der Waals surface area contributed by atoms with Crippen LogP contribution in [0.5, 0.6) is 0 Å². The van der Waals surface area contributed by atoms with E-state index >= 15 is 0 Å². The van der Waals surface area contributed by atoms with Gasteiger partial charge in [0.2, 0.25) is 0 Å². The minimum Gasteiger partial charge on any atom is -0.313 e. The average Bonchev–Trinajstić information content (AvgIpc) is 3.33. The molecular weight excluding hydrogens is 256 g/mol. The quantitative estimate of drug-likeness (QED) is 0.738. The Kier molecular flexibility index (Phi) is 5.61. The predicted molar refractivity (Wildman–Crippen MR) is 90.6 cm³/mol. The predicted octanol–water partition coefficient (Wildman–Crippen LogP) is 4.20. The molecule has 0 amide bonds. The Morgan fingerprint density at radius 3 is 2.43 bits per heavy atom. The Hall–Kier alpha value is -0.0800. The third-order valence-electron chi connectivity index (χ3n) is 6.25. The molecule has 1 unspecified atom stereocenters. The Labute approximate surface area is 132 Å². The van der Waals surface area contributed by atoms with Crippen molar-refractivity contribution < 1.29 is 0 Å². The number of likely N-dealkylation sites (tertiary alicyclic amines) is 1. The molecule has 0 aromatic carbocycles. The largest absolute Gasteiger partial charge is 0.313 e. The van der Waals surface area contributed by atoms with E-state index in [-0.39, 0.29) is 0 Å². The number of hydrogen-bond donors (Lipinski definition) is 1. The molecule has 3 fully saturated rings. The van der Waals surface area contributed by atoms with Crippen LogP contribution in [0.4, 0.5) is 0 Å². The minimum absolute atomic E-state index is 0.592. The third-order valence-corrected chi connectivity index (χ3v) is 6.25. The highest BCUT2D eigenvalue weighted by Crippen LogP contribution is 2.37. The normalized spacial score (nSPS) is 31.0. The molecule has 1 atom stereocenters. The first kappa shape index (κ1) is 15.8. The molecule has 0 aromatic heterocycles. The molecule has 2 nitrogen and oxygen atoms in total. The van der Waals surface area contributed by atoms with E-state index in [1.165, 1.54) is 96.8 Å². The zero-order chi connectivity index (χ0) is 14.5. The second-order valence-corrected chi connectivity index (χ2v) is 8.22. The van der Waals surface area contributed by atoms with Gasteiger partial charge in [0.15, 0.2) is 0 Å². The standard InChI is InChI=1S/C19H36N2/c1-2-17-8-7-13-21(14-17)16-19(15-20-18-9-10-18)11-5-3-4-6-12-19/h17-18,20H,2-16H2,1H3. The van der Waals surface area contributed by atoms with Crippen LogP contribution in [0, 0.1) is 11.3 Å². The summed E-state index contributed by atoms with van der Waals surface area (Å²) < 4.78 is 0. The summed E-state index contributed by atoms with van der Waals surface area (Å²) in [6.07, 6.45) is 16.0. The lowest BCUT2D eigenvalue weighted by Gasteiger charge is -2.41. The van der Waals surface area contributed by atoms with Crippen LogP contribution in [0.15, 0.2) is 0 Å².